The molecule has 1 amide bonds. The van der Waals surface area contributed by atoms with Crippen LogP contribution in [0.1, 0.15) is 44.2 Å². The first-order valence-corrected chi connectivity index (χ1v) is 11.3. The highest BCUT2D eigenvalue weighted by atomic mass is 32.1. The van der Waals surface area contributed by atoms with E-state index in [0.29, 0.717) is 12.2 Å². The average Bonchev–Trinajstić information content (AvgIpc) is 3.45. The molecule has 2 aliphatic heterocycles. The minimum Gasteiger partial charge on any atom is -0.291 e. The van der Waals surface area contributed by atoms with Crippen molar-refractivity contribution in [2.24, 2.45) is 0 Å². The molecule has 6 heteroatoms. The normalized spacial score (nSPS) is 19.2. The van der Waals surface area contributed by atoms with Crippen LogP contribution in [-0.4, -0.2) is 29.8 Å². The number of carbonyl (C=O) groups excluding carboxylic acids is 2. The Bertz CT molecular complexity index is 1050. The maximum absolute atomic E-state index is 12.8. The van der Waals surface area contributed by atoms with Crippen LogP contribution in [0.15, 0.2) is 47.2 Å². The lowest BCUT2D eigenvalue weighted by atomic mass is 9.99. The highest BCUT2D eigenvalue weighted by Crippen LogP contribution is 2.40. The van der Waals surface area contributed by atoms with Gasteiger partial charge in [-0.15, -0.1) is 22.7 Å². The predicted octanol–water partition coefficient (Wildman–Crippen LogP) is 4.51. The van der Waals surface area contributed by atoms with Crippen LogP contribution in [0.3, 0.4) is 0 Å². The fourth-order valence-corrected chi connectivity index (χ4v) is 5.97. The lowest BCUT2D eigenvalue weighted by molar-refractivity contribution is -0.114. The molecule has 5 rings (SSSR count). The number of nitrogens with zero attached hydrogens (tertiary/aromatic N) is 2. The Hall–Kier alpha value is -2.28. The Morgan fingerprint density at radius 3 is 2.79 bits per heavy atom. The zero-order valence-electron chi connectivity index (χ0n) is 15.6. The van der Waals surface area contributed by atoms with Crippen LogP contribution in [0.5, 0.6) is 0 Å². The fourth-order valence-electron chi connectivity index (χ4n) is 4.19. The smallest absolute Gasteiger partial charge is 0.291 e. The molecule has 142 valence electrons. The van der Waals surface area contributed by atoms with E-state index in [2.05, 4.69) is 40.8 Å². The van der Waals surface area contributed by atoms with E-state index in [4.69, 9.17) is 0 Å². The molecule has 3 aromatic rings. The Labute approximate surface area is 172 Å². The van der Waals surface area contributed by atoms with Crippen molar-refractivity contribution in [1.82, 2.24) is 4.90 Å². The second kappa shape index (κ2) is 6.95. The number of rotatable bonds is 4. The van der Waals surface area contributed by atoms with Gasteiger partial charge in [0.2, 0.25) is 0 Å². The summed E-state index contributed by atoms with van der Waals surface area (Å²) in [6.07, 6.45) is 1.83. The third-order valence-corrected chi connectivity index (χ3v) is 7.57. The average molecular weight is 409 g/mol. The molecule has 0 saturated carbocycles. The van der Waals surface area contributed by atoms with Gasteiger partial charge in [0.05, 0.1) is 24.0 Å². The van der Waals surface area contributed by atoms with E-state index in [0.717, 1.165) is 30.6 Å². The van der Waals surface area contributed by atoms with Gasteiger partial charge in [0.25, 0.3) is 5.78 Å². The Morgan fingerprint density at radius 1 is 1.11 bits per heavy atom. The van der Waals surface area contributed by atoms with E-state index in [1.807, 2.05) is 29.5 Å². The first kappa shape index (κ1) is 17.8. The molecule has 2 aliphatic rings. The highest BCUT2D eigenvalue weighted by Gasteiger charge is 2.39. The quantitative estimate of drug-likeness (QED) is 0.597. The fraction of sp³-hybridized carbons (Fsp3) is 0.273. The number of hydrogen-bond donors (Lipinski definition) is 0. The summed E-state index contributed by atoms with van der Waals surface area (Å²) in [5.74, 6) is -0.796. The molecule has 0 radical (unpaired) electrons. The van der Waals surface area contributed by atoms with Crippen molar-refractivity contribution in [3.05, 3.63) is 73.6 Å². The third-order valence-electron chi connectivity index (χ3n) is 5.65. The molecule has 0 aliphatic carbocycles. The Balaban J connectivity index is 1.51. The molecule has 28 heavy (non-hydrogen) atoms. The third kappa shape index (κ3) is 2.75. The van der Waals surface area contributed by atoms with Crippen molar-refractivity contribution in [1.29, 1.82) is 0 Å². The van der Waals surface area contributed by atoms with Gasteiger partial charge in [-0.05, 0) is 59.0 Å². The lowest BCUT2D eigenvalue weighted by Gasteiger charge is -2.37. The van der Waals surface area contributed by atoms with Crippen molar-refractivity contribution in [2.75, 3.05) is 18.1 Å². The van der Waals surface area contributed by atoms with Crippen molar-refractivity contribution in [3.63, 3.8) is 0 Å². The monoisotopic (exact) mass is 408 g/mol. The first-order valence-electron chi connectivity index (χ1n) is 9.50. The Morgan fingerprint density at radius 2 is 2.00 bits per heavy atom. The maximum Gasteiger partial charge on any atom is 0.300 e. The van der Waals surface area contributed by atoms with Gasteiger partial charge in [-0.2, -0.15) is 0 Å². The Kier molecular flexibility index (Phi) is 4.42. The summed E-state index contributed by atoms with van der Waals surface area (Å²) < 4.78 is 0. The van der Waals surface area contributed by atoms with Crippen molar-refractivity contribution >= 4 is 40.1 Å². The number of hydrogen-bond acceptors (Lipinski definition) is 5. The van der Waals surface area contributed by atoms with E-state index in [9.17, 15) is 9.59 Å². The van der Waals surface area contributed by atoms with E-state index in [1.165, 1.54) is 15.3 Å². The number of amides is 1. The molecule has 0 spiro atoms. The zero-order valence-corrected chi connectivity index (χ0v) is 17.2. The van der Waals surface area contributed by atoms with Crippen LogP contribution in [0.2, 0.25) is 0 Å². The van der Waals surface area contributed by atoms with Crippen molar-refractivity contribution in [3.8, 4) is 0 Å². The molecule has 1 atom stereocenters. The van der Waals surface area contributed by atoms with Crippen LogP contribution in [-0.2, 0) is 17.6 Å². The number of carbonyl (C=O) groups is 2. The zero-order chi connectivity index (χ0) is 19.3. The van der Waals surface area contributed by atoms with Gasteiger partial charge >= 0.3 is 5.91 Å². The van der Waals surface area contributed by atoms with Crippen LogP contribution >= 0.6 is 22.7 Å². The minimum absolute atomic E-state index is 0.136. The topological polar surface area (TPSA) is 40.6 Å². The van der Waals surface area contributed by atoms with E-state index >= 15 is 0 Å². The van der Waals surface area contributed by atoms with Crippen LogP contribution in [0.4, 0.5) is 5.69 Å². The number of ketones is 1. The molecule has 1 aromatic carbocycles. The summed E-state index contributed by atoms with van der Waals surface area (Å²) in [5.41, 5.74) is 3.70. The van der Waals surface area contributed by atoms with Gasteiger partial charge in [-0.3, -0.25) is 19.4 Å². The molecule has 0 N–H and O–H groups in total. The van der Waals surface area contributed by atoms with Crippen molar-refractivity contribution in [2.45, 2.75) is 25.8 Å². The molecule has 0 fully saturated rings. The summed E-state index contributed by atoms with van der Waals surface area (Å²) in [4.78, 5) is 32.0. The van der Waals surface area contributed by atoms with Crippen molar-refractivity contribution < 1.29 is 9.59 Å². The predicted molar refractivity (Wildman–Crippen MR) is 113 cm³/mol. The van der Waals surface area contributed by atoms with Gasteiger partial charge in [-0.25, -0.2) is 0 Å². The molecular formula is C22H20N2O2S2. The molecule has 0 bridgehead atoms. The van der Waals surface area contributed by atoms with Gasteiger partial charge in [0, 0.05) is 16.3 Å². The van der Waals surface area contributed by atoms with Gasteiger partial charge in [0.15, 0.2) is 0 Å². The highest BCUT2D eigenvalue weighted by molar-refractivity contribution is 7.10. The van der Waals surface area contributed by atoms with Gasteiger partial charge in [-0.1, -0.05) is 19.1 Å². The number of anilines is 1. The van der Waals surface area contributed by atoms with Crippen LogP contribution in [0.25, 0.3) is 0 Å². The molecule has 0 saturated heterocycles. The molecule has 0 unspecified atom stereocenters. The lowest BCUT2D eigenvalue weighted by Crippen LogP contribution is -2.45. The molecule has 2 aromatic heterocycles. The minimum atomic E-state index is -0.413. The van der Waals surface area contributed by atoms with Gasteiger partial charge in [0.1, 0.15) is 0 Å². The maximum atomic E-state index is 12.8. The standard InChI is InChI=1S/C22H20N2O2S2/c1-2-14-5-6-17-16(12-14)21(25)22(26)24(17)13-23-9-7-18-15(8-11-28-18)20(23)19-4-3-10-27-19/h3-6,8,10-12,20H,2,7,9,13H2,1H3/t20-/m1/s1. The summed E-state index contributed by atoms with van der Waals surface area (Å²) in [5, 5.41) is 4.25. The number of aryl methyl sites for hydroxylation is 1. The van der Waals surface area contributed by atoms with E-state index in [-0.39, 0.29) is 11.8 Å². The number of thiophene rings is 2. The van der Waals surface area contributed by atoms with Gasteiger partial charge < -0.3 is 0 Å². The SMILES string of the molecule is CCc1ccc2c(c1)C(=O)C(=O)N2CN1CCc2sccc2[C@@H]1c1cccs1. The summed E-state index contributed by atoms with van der Waals surface area (Å²) in [7, 11) is 0. The van der Waals surface area contributed by atoms with E-state index in [1.54, 1.807) is 16.2 Å². The second-order valence-corrected chi connectivity index (χ2v) is 9.17. The summed E-state index contributed by atoms with van der Waals surface area (Å²) in [6, 6.07) is 12.4. The number of fused-ring (bicyclic) bond motifs is 2. The number of Topliss-reactive ketones (excluding diaryl/α,β-unsaturated/α-hetero) is 1. The number of benzene rings is 1. The molecule has 4 heterocycles. The first-order chi connectivity index (χ1) is 13.7. The summed E-state index contributed by atoms with van der Waals surface area (Å²) >= 11 is 3.55. The largest absolute Gasteiger partial charge is 0.300 e. The second-order valence-electron chi connectivity index (χ2n) is 7.19. The summed E-state index contributed by atoms with van der Waals surface area (Å²) in [6.45, 7) is 3.36. The van der Waals surface area contributed by atoms with Crippen LogP contribution < -0.4 is 4.90 Å². The molecule has 4 nitrogen and oxygen atoms in total. The molecular weight excluding hydrogens is 388 g/mol. The van der Waals surface area contributed by atoms with E-state index < -0.39 is 5.91 Å². The van der Waals surface area contributed by atoms with Crippen LogP contribution in [0, 0.1) is 0 Å².